The largest absolute Gasteiger partial charge is 0.390 e. The average Bonchev–Trinajstić information content (AvgIpc) is 2.29. The van der Waals surface area contributed by atoms with Gasteiger partial charge in [-0.1, -0.05) is 27.2 Å². The number of nitrogens with one attached hydrogen (secondary N) is 2. The van der Waals surface area contributed by atoms with E-state index in [9.17, 15) is 4.79 Å². The number of hydrogen-bond acceptors (Lipinski definition) is 3. The second kappa shape index (κ2) is 9.71. The molecule has 0 atom stereocenters. The maximum Gasteiger partial charge on any atom is 0.263 e. The van der Waals surface area contributed by atoms with Crippen LogP contribution in [0.3, 0.4) is 0 Å². The minimum Gasteiger partial charge on any atom is -0.390 e. The summed E-state index contributed by atoms with van der Waals surface area (Å²) in [4.78, 5) is 11.5. The summed E-state index contributed by atoms with van der Waals surface area (Å²) < 4.78 is 0. The van der Waals surface area contributed by atoms with Crippen LogP contribution in [-0.4, -0.2) is 19.0 Å². The summed E-state index contributed by atoms with van der Waals surface area (Å²) in [7, 11) is 0. The molecule has 0 rings (SSSR count). The first kappa shape index (κ1) is 15.5. The van der Waals surface area contributed by atoms with Crippen LogP contribution < -0.4 is 10.6 Å². The third kappa shape index (κ3) is 8.32. The van der Waals surface area contributed by atoms with E-state index in [1.807, 2.05) is 6.07 Å². The van der Waals surface area contributed by atoms with Gasteiger partial charge in [-0.3, -0.25) is 4.79 Å². The molecular formula is C13H23N3O. The Morgan fingerprint density at radius 2 is 2.12 bits per heavy atom. The van der Waals surface area contributed by atoms with E-state index in [0.29, 0.717) is 12.5 Å². The summed E-state index contributed by atoms with van der Waals surface area (Å²) in [5.41, 5.74) is 0.143. The fourth-order valence-electron chi connectivity index (χ4n) is 1.17. The first-order chi connectivity index (χ1) is 8.11. The standard InChI is InChI=1S/C13H23N3O/c1-4-5-7-16-13(17)12(9-14)10-15-8-6-11(2)3/h10-11,15H,4-8H2,1-3H3,(H,16,17)/b12-10-. The number of rotatable bonds is 8. The molecule has 0 bridgehead atoms. The van der Waals surface area contributed by atoms with Gasteiger partial charge >= 0.3 is 0 Å². The molecule has 0 heterocycles. The van der Waals surface area contributed by atoms with Crippen LogP contribution in [0.1, 0.15) is 40.0 Å². The highest BCUT2D eigenvalue weighted by molar-refractivity contribution is 5.97. The smallest absolute Gasteiger partial charge is 0.263 e. The lowest BCUT2D eigenvalue weighted by molar-refractivity contribution is -0.117. The predicted molar refractivity (Wildman–Crippen MR) is 69.1 cm³/mol. The summed E-state index contributed by atoms with van der Waals surface area (Å²) in [6.07, 6.45) is 4.49. The molecule has 0 aliphatic carbocycles. The Balaban J connectivity index is 3.99. The fraction of sp³-hybridized carbons (Fsp3) is 0.692. The van der Waals surface area contributed by atoms with E-state index >= 15 is 0 Å². The summed E-state index contributed by atoms with van der Waals surface area (Å²) in [6, 6.07) is 1.90. The van der Waals surface area contributed by atoms with Crippen molar-refractivity contribution < 1.29 is 4.79 Å². The molecule has 4 heteroatoms. The summed E-state index contributed by atoms with van der Waals surface area (Å²) >= 11 is 0. The van der Waals surface area contributed by atoms with Gasteiger partial charge in [-0.2, -0.15) is 5.26 Å². The molecule has 0 radical (unpaired) electrons. The van der Waals surface area contributed by atoms with Gasteiger partial charge in [0.1, 0.15) is 11.6 Å². The zero-order valence-corrected chi connectivity index (χ0v) is 11.0. The van der Waals surface area contributed by atoms with E-state index in [-0.39, 0.29) is 11.5 Å². The lowest BCUT2D eigenvalue weighted by atomic mass is 10.1. The quantitative estimate of drug-likeness (QED) is 0.385. The first-order valence-electron chi connectivity index (χ1n) is 6.23. The first-order valence-corrected chi connectivity index (χ1v) is 6.23. The lowest BCUT2D eigenvalue weighted by Crippen LogP contribution is -2.26. The Hall–Kier alpha value is -1.50. The van der Waals surface area contributed by atoms with Crippen LogP contribution >= 0.6 is 0 Å². The van der Waals surface area contributed by atoms with Gasteiger partial charge < -0.3 is 10.6 Å². The normalized spacial score (nSPS) is 11.1. The maximum absolute atomic E-state index is 11.5. The van der Waals surface area contributed by atoms with Crippen molar-refractivity contribution in [2.24, 2.45) is 5.92 Å². The molecule has 0 aromatic rings. The molecular weight excluding hydrogens is 214 g/mol. The van der Waals surface area contributed by atoms with Crippen molar-refractivity contribution in [3.8, 4) is 6.07 Å². The number of hydrogen-bond donors (Lipinski definition) is 2. The Morgan fingerprint density at radius 1 is 1.41 bits per heavy atom. The molecule has 17 heavy (non-hydrogen) atoms. The molecule has 4 nitrogen and oxygen atoms in total. The molecule has 0 saturated carbocycles. The fourth-order valence-corrected chi connectivity index (χ4v) is 1.17. The van der Waals surface area contributed by atoms with E-state index in [0.717, 1.165) is 25.8 Å². The van der Waals surface area contributed by atoms with Crippen molar-refractivity contribution in [1.29, 1.82) is 5.26 Å². The highest BCUT2D eigenvalue weighted by atomic mass is 16.1. The van der Waals surface area contributed by atoms with Crippen molar-refractivity contribution >= 4 is 5.91 Å². The van der Waals surface area contributed by atoms with Crippen molar-refractivity contribution in [2.75, 3.05) is 13.1 Å². The Labute approximate surface area is 104 Å². The summed E-state index contributed by atoms with van der Waals surface area (Å²) in [6.45, 7) is 7.73. The predicted octanol–water partition coefficient (Wildman–Crippen LogP) is 1.95. The Morgan fingerprint density at radius 3 is 2.65 bits per heavy atom. The topological polar surface area (TPSA) is 64.9 Å². The zero-order chi connectivity index (χ0) is 13.1. The third-order valence-corrected chi connectivity index (χ3v) is 2.29. The van der Waals surface area contributed by atoms with Crippen molar-refractivity contribution in [1.82, 2.24) is 10.6 Å². The molecule has 0 aliphatic rings. The van der Waals surface area contributed by atoms with Crippen LogP contribution in [0, 0.1) is 17.2 Å². The monoisotopic (exact) mass is 237 g/mol. The van der Waals surface area contributed by atoms with Gasteiger partial charge in [0.2, 0.25) is 0 Å². The molecule has 2 N–H and O–H groups in total. The minimum atomic E-state index is -0.294. The Kier molecular flexibility index (Phi) is 8.85. The van der Waals surface area contributed by atoms with E-state index in [1.165, 1.54) is 6.20 Å². The second-order valence-electron chi connectivity index (χ2n) is 4.42. The van der Waals surface area contributed by atoms with Gasteiger partial charge in [0, 0.05) is 19.3 Å². The lowest BCUT2D eigenvalue weighted by Gasteiger charge is -2.05. The highest BCUT2D eigenvalue weighted by Gasteiger charge is 2.06. The van der Waals surface area contributed by atoms with Gasteiger partial charge in [0.05, 0.1) is 0 Å². The maximum atomic E-state index is 11.5. The third-order valence-electron chi connectivity index (χ3n) is 2.29. The van der Waals surface area contributed by atoms with Crippen LogP contribution in [0.5, 0.6) is 0 Å². The average molecular weight is 237 g/mol. The molecule has 0 aliphatic heterocycles. The van der Waals surface area contributed by atoms with Gasteiger partial charge in [0.15, 0.2) is 0 Å². The van der Waals surface area contributed by atoms with Crippen LogP contribution in [0.15, 0.2) is 11.8 Å². The SMILES string of the molecule is CCCCNC(=O)/C(C#N)=C\NCCC(C)C. The molecule has 96 valence electrons. The van der Waals surface area contributed by atoms with Crippen molar-refractivity contribution in [3.63, 3.8) is 0 Å². The van der Waals surface area contributed by atoms with E-state index < -0.39 is 0 Å². The Bertz CT molecular complexity index is 290. The molecule has 0 aromatic heterocycles. The number of carbonyl (C=O) groups excluding carboxylic acids is 1. The second-order valence-corrected chi connectivity index (χ2v) is 4.42. The molecule has 0 spiro atoms. The van der Waals surface area contributed by atoms with E-state index in [4.69, 9.17) is 5.26 Å². The van der Waals surface area contributed by atoms with Gasteiger partial charge in [-0.15, -0.1) is 0 Å². The molecule has 0 aromatic carbocycles. The van der Waals surface area contributed by atoms with Crippen LogP contribution in [0.4, 0.5) is 0 Å². The molecule has 0 unspecified atom stereocenters. The van der Waals surface area contributed by atoms with E-state index in [2.05, 4.69) is 31.4 Å². The minimum absolute atomic E-state index is 0.143. The van der Waals surface area contributed by atoms with Gasteiger partial charge in [-0.25, -0.2) is 0 Å². The van der Waals surface area contributed by atoms with Crippen LogP contribution in [-0.2, 0) is 4.79 Å². The number of unbranched alkanes of at least 4 members (excludes halogenated alkanes) is 1. The number of carbonyl (C=O) groups is 1. The van der Waals surface area contributed by atoms with Crippen LogP contribution in [0.25, 0.3) is 0 Å². The zero-order valence-electron chi connectivity index (χ0n) is 11.0. The number of nitriles is 1. The molecule has 0 fully saturated rings. The van der Waals surface area contributed by atoms with Gasteiger partial charge in [0.25, 0.3) is 5.91 Å². The number of nitrogens with zero attached hydrogens (tertiary/aromatic N) is 1. The van der Waals surface area contributed by atoms with Gasteiger partial charge in [-0.05, 0) is 18.8 Å². The summed E-state index contributed by atoms with van der Waals surface area (Å²) in [5.74, 6) is 0.317. The summed E-state index contributed by atoms with van der Waals surface area (Å²) in [5, 5.41) is 14.6. The van der Waals surface area contributed by atoms with Crippen molar-refractivity contribution in [3.05, 3.63) is 11.8 Å². The van der Waals surface area contributed by atoms with E-state index in [1.54, 1.807) is 0 Å². The number of amides is 1. The highest BCUT2D eigenvalue weighted by Crippen LogP contribution is 1.97. The van der Waals surface area contributed by atoms with Crippen molar-refractivity contribution in [2.45, 2.75) is 40.0 Å². The molecule has 1 amide bonds. The molecule has 0 saturated heterocycles. The van der Waals surface area contributed by atoms with Crippen LogP contribution in [0.2, 0.25) is 0 Å².